The zero-order valence-corrected chi connectivity index (χ0v) is 17.2. The fourth-order valence-electron chi connectivity index (χ4n) is 3.05. The molecule has 0 bridgehead atoms. The van der Waals surface area contributed by atoms with Gasteiger partial charge in [-0.05, 0) is 37.0 Å². The lowest BCUT2D eigenvalue weighted by molar-refractivity contribution is -0.137. The van der Waals surface area contributed by atoms with E-state index in [4.69, 9.17) is 11.6 Å². The van der Waals surface area contributed by atoms with Gasteiger partial charge in [0.05, 0.1) is 26.5 Å². The second-order valence-corrected chi connectivity index (χ2v) is 11.7. The van der Waals surface area contributed by atoms with Crippen molar-refractivity contribution in [2.75, 3.05) is 18.8 Å². The Labute approximate surface area is 162 Å². The van der Waals surface area contributed by atoms with Gasteiger partial charge in [0.1, 0.15) is 0 Å². The summed E-state index contributed by atoms with van der Waals surface area (Å²) < 4.78 is 90.5. The van der Waals surface area contributed by atoms with Crippen molar-refractivity contribution in [3.8, 4) is 0 Å². The summed E-state index contributed by atoms with van der Waals surface area (Å²) in [4.78, 5) is -0.555. The summed E-state index contributed by atoms with van der Waals surface area (Å²) >= 11 is 5.54. The van der Waals surface area contributed by atoms with Crippen molar-refractivity contribution in [3.05, 3.63) is 28.8 Å². The molecule has 1 atom stereocenters. The summed E-state index contributed by atoms with van der Waals surface area (Å²) in [5, 5.41) is -1.46. The van der Waals surface area contributed by atoms with Crippen LogP contribution in [0, 0.1) is 5.92 Å². The minimum atomic E-state index is -4.80. The van der Waals surface area contributed by atoms with E-state index in [0.717, 1.165) is 16.4 Å². The molecule has 0 N–H and O–H groups in total. The first-order chi connectivity index (χ1) is 12.2. The van der Waals surface area contributed by atoms with Crippen LogP contribution in [0.5, 0.6) is 0 Å². The molecule has 1 aromatic rings. The van der Waals surface area contributed by atoms with Crippen molar-refractivity contribution >= 4 is 31.5 Å². The van der Waals surface area contributed by atoms with Crippen molar-refractivity contribution in [2.24, 2.45) is 5.92 Å². The Bertz CT molecular complexity index is 899. The third kappa shape index (κ3) is 5.16. The molecule has 2 rings (SSSR count). The second-order valence-electron chi connectivity index (χ2n) is 6.99. The fraction of sp³-hybridized carbons (Fsp3) is 0.625. The molecule has 1 aliphatic rings. The van der Waals surface area contributed by atoms with E-state index in [9.17, 15) is 30.0 Å². The molecule has 1 heterocycles. The molecule has 0 aromatic heterocycles. The number of rotatable bonds is 5. The van der Waals surface area contributed by atoms with Crippen LogP contribution >= 0.6 is 11.6 Å². The Balaban J connectivity index is 2.34. The quantitative estimate of drug-likeness (QED) is 0.691. The van der Waals surface area contributed by atoms with Gasteiger partial charge in [-0.25, -0.2) is 16.8 Å². The maximum Gasteiger partial charge on any atom is 0.417 e. The maximum absolute atomic E-state index is 13.0. The third-order valence-electron chi connectivity index (χ3n) is 4.30. The van der Waals surface area contributed by atoms with Gasteiger partial charge >= 0.3 is 6.18 Å². The Morgan fingerprint density at radius 1 is 1.22 bits per heavy atom. The molecule has 0 saturated carbocycles. The maximum atomic E-state index is 13.0. The number of sulfone groups is 1. The molecular weight excluding hydrogens is 427 g/mol. The molecule has 11 heteroatoms. The molecule has 0 spiro atoms. The van der Waals surface area contributed by atoms with Crippen molar-refractivity contribution in [3.63, 3.8) is 0 Å². The molecule has 0 unspecified atom stereocenters. The molecule has 5 nitrogen and oxygen atoms in total. The molecular formula is C16H21ClF3NO4S2. The minimum Gasteiger partial charge on any atom is -0.228 e. The SMILES string of the molecule is CC(C)CS(=O)(=O)[C@H]1CCCN(S(=O)(=O)c2ccc(Cl)c(C(F)(F)F)c2)C1. The van der Waals surface area contributed by atoms with E-state index < -0.39 is 46.8 Å². The van der Waals surface area contributed by atoms with E-state index in [1.54, 1.807) is 13.8 Å². The monoisotopic (exact) mass is 447 g/mol. The first kappa shape index (κ1) is 22.4. The van der Waals surface area contributed by atoms with Gasteiger partial charge in [0.15, 0.2) is 9.84 Å². The number of hydrogen-bond acceptors (Lipinski definition) is 4. The number of hydrogen-bond donors (Lipinski definition) is 0. The summed E-state index contributed by atoms with van der Waals surface area (Å²) in [7, 11) is -7.78. The number of piperidine rings is 1. The highest BCUT2D eigenvalue weighted by Gasteiger charge is 2.38. The lowest BCUT2D eigenvalue weighted by atomic mass is 10.2. The number of alkyl halides is 3. The summed E-state index contributed by atoms with van der Waals surface area (Å²) in [6.07, 6.45) is -4.15. The molecule has 0 aliphatic carbocycles. The van der Waals surface area contributed by atoms with Crippen LogP contribution in [0.3, 0.4) is 0 Å². The highest BCUT2D eigenvalue weighted by atomic mass is 35.5. The Morgan fingerprint density at radius 3 is 2.41 bits per heavy atom. The average Bonchev–Trinajstić information content (AvgIpc) is 2.53. The molecule has 154 valence electrons. The first-order valence-electron chi connectivity index (χ1n) is 8.33. The van der Waals surface area contributed by atoms with Crippen LogP contribution in [0.4, 0.5) is 13.2 Å². The van der Waals surface area contributed by atoms with Gasteiger partial charge in [-0.15, -0.1) is 0 Å². The number of sulfonamides is 1. The Kier molecular flexibility index (Phi) is 6.56. The molecule has 1 aliphatic heterocycles. The first-order valence-corrected chi connectivity index (χ1v) is 11.9. The van der Waals surface area contributed by atoms with Gasteiger partial charge in [-0.1, -0.05) is 25.4 Å². The summed E-state index contributed by atoms with van der Waals surface area (Å²) in [6, 6.07) is 2.37. The molecule has 0 radical (unpaired) electrons. The van der Waals surface area contributed by atoms with E-state index in [0.29, 0.717) is 18.9 Å². The Morgan fingerprint density at radius 2 is 1.85 bits per heavy atom. The molecule has 0 amide bonds. The van der Waals surface area contributed by atoms with Gasteiger partial charge in [-0.2, -0.15) is 17.5 Å². The van der Waals surface area contributed by atoms with Crippen LogP contribution in [0.2, 0.25) is 5.02 Å². The topological polar surface area (TPSA) is 71.5 Å². The van der Waals surface area contributed by atoms with E-state index in [1.165, 1.54) is 0 Å². The van der Waals surface area contributed by atoms with Crippen LogP contribution in [0.1, 0.15) is 32.3 Å². The van der Waals surface area contributed by atoms with Crippen LogP contribution < -0.4 is 0 Å². The van der Waals surface area contributed by atoms with Crippen molar-refractivity contribution in [1.29, 1.82) is 0 Å². The molecule has 1 saturated heterocycles. The number of halogens is 4. The van der Waals surface area contributed by atoms with Crippen molar-refractivity contribution in [1.82, 2.24) is 4.31 Å². The summed E-state index contributed by atoms with van der Waals surface area (Å²) in [5.74, 6) is -0.169. The summed E-state index contributed by atoms with van der Waals surface area (Å²) in [6.45, 7) is 3.30. The molecule has 1 aromatic carbocycles. The predicted molar refractivity (Wildman–Crippen MR) is 96.9 cm³/mol. The van der Waals surface area contributed by atoms with Crippen LogP contribution in [0.25, 0.3) is 0 Å². The van der Waals surface area contributed by atoms with E-state index in [2.05, 4.69) is 0 Å². The summed E-state index contributed by atoms with van der Waals surface area (Å²) in [5.41, 5.74) is -1.24. The largest absolute Gasteiger partial charge is 0.417 e. The highest BCUT2D eigenvalue weighted by Crippen LogP contribution is 2.36. The number of benzene rings is 1. The molecule has 1 fully saturated rings. The van der Waals surface area contributed by atoms with Crippen LogP contribution in [-0.2, 0) is 26.0 Å². The normalized spacial score (nSPS) is 20.2. The van der Waals surface area contributed by atoms with Crippen molar-refractivity contribution in [2.45, 2.75) is 43.0 Å². The molecule has 27 heavy (non-hydrogen) atoms. The van der Waals surface area contributed by atoms with E-state index in [-0.39, 0.29) is 24.8 Å². The van der Waals surface area contributed by atoms with E-state index in [1.807, 2.05) is 0 Å². The smallest absolute Gasteiger partial charge is 0.228 e. The minimum absolute atomic E-state index is 0.0556. The third-order valence-corrected chi connectivity index (χ3v) is 9.02. The lowest BCUT2D eigenvalue weighted by Gasteiger charge is -2.32. The predicted octanol–water partition coefficient (Wildman–Crippen LogP) is 3.58. The standard InChI is InChI=1S/C16H21ClF3NO4S2/c1-11(2)10-26(22,23)13-4-3-7-21(9-13)27(24,25)12-5-6-15(17)14(8-12)16(18,19)20/h5-6,8,11,13H,3-4,7,9-10H2,1-2H3/t13-/m0/s1. The zero-order valence-electron chi connectivity index (χ0n) is 14.8. The van der Waals surface area contributed by atoms with Gasteiger partial charge in [-0.3, -0.25) is 0 Å². The lowest BCUT2D eigenvalue weighted by Crippen LogP contribution is -2.46. The van der Waals surface area contributed by atoms with Gasteiger partial charge in [0, 0.05) is 13.1 Å². The fourth-order valence-corrected chi connectivity index (χ4v) is 7.05. The van der Waals surface area contributed by atoms with Crippen molar-refractivity contribution < 1.29 is 30.0 Å². The zero-order chi connectivity index (χ0) is 20.6. The Hall–Kier alpha value is -0.840. The van der Waals surface area contributed by atoms with E-state index >= 15 is 0 Å². The van der Waals surface area contributed by atoms with Gasteiger partial charge < -0.3 is 0 Å². The van der Waals surface area contributed by atoms with Crippen LogP contribution in [0.15, 0.2) is 23.1 Å². The van der Waals surface area contributed by atoms with Gasteiger partial charge in [0.2, 0.25) is 10.0 Å². The van der Waals surface area contributed by atoms with Crippen LogP contribution in [-0.4, -0.2) is 45.2 Å². The number of nitrogens with zero attached hydrogens (tertiary/aromatic N) is 1. The second kappa shape index (κ2) is 7.88. The average molecular weight is 448 g/mol. The highest BCUT2D eigenvalue weighted by molar-refractivity contribution is 7.92. The van der Waals surface area contributed by atoms with Gasteiger partial charge in [0.25, 0.3) is 0 Å².